The minimum Gasteiger partial charge on any atom is -0.497 e. The van der Waals surface area contributed by atoms with Gasteiger partial charge in [-0.15, -0.1) is 0 Å². The number of hydrogen-bond donors (Lipinski definition) is 2. The Balaban J connectivity index is 1.69. The molecule has 2 N–H and O–H groups in total. The Hall–Kier alpha value is -1.59. The first kappa shape index (κ1) is 17.2. The van der Waals surface area contributed by atoms with E-state index in [-0.39, 0.29) is 17.2 Å². The summed E-state index contributed by atoms with van der Waals surface area (Å²) in [6.45, 7) is 4.06. The van der Waals surface area contributed by atoms with Gasteiger partial charge in [-0.25, -0.2) is 0 Å². The third kappa shape index (κ3) is 3.90. The van der Waals surface area contributed by atoms with Crippen molar-refractivity contribution in [3.05, 3.63) is 29.8 Å². The molecule has 0 unspecified atom stereocenters. The standard InChI is InChI=1S/C19H28N2O3/c1-23-17-4-2-16(3-5-17)19(8-12-24-13-9-19)14-21-18(22)15-6-10-20-11-7-15/h2-5,15,20H,6-14H2,1H3,(H,21,22). The molecule has 2 aliphatic rings. The molecule has 0 spiro atoms. The van der Waals surface area contributed by atoms with E-state index >= 15 is 0 Å². The predicted molar refractivity (Wildman–Crippen MR) is 93.3 cm³/mol. The third-order valence-electron chi connectivity index (χ3n) is 5.46. The second-order valence-electron chi connectivity index (χ2n) is 6.86. The number of nitrogens with one attached hydrogen (secondary N) is 2. The van der Waals surface area contributed by atoms with Crippen molar-refractivity contribution in [2.75, 3.05) is 40.0 Å². The topological polar surface area (TPSA) is 59.6 Å². The van der Waals surface area contributed by atoms with Crippen molar-refractivity contribution in [2.24, 2.45) is 5.92 Å². The highest BCUT2D eigenvalue weighted by molar-refractivity contribution is 5.78. The van der Waals surface area contributed by atoms with Crippen LogP contribution in [-0.4, -0.2) is 45.9 Å². The molecule has 5 nitrogen and oxygen atoms in total. The summed E-state index contributed by atoms with van der Waals surface area (Å²) in [4.78, 5) is 12.5. The highest BCUT2D eigenvalue weighted by Crippen LogP contribution is 2.35. The van der Waals surface area contributed by atoms with Crippen molar-refractivity contribution >= 4 is 5.91 Å². The van der Waals surface area contributed by atoms with Crippen molar-refractivity contribution in [1.29, 1.82) is 0 Å². The molecule has 0 aliphatic carbocycles. The largest absolute Gasteiger partial charge is 0.497 e. The first-order valence-corrected chi connectivity index (χ1v) is 8.94. The van der Waals surface area contributed by atoms with Gasteiger partial charge in [-0.3, -0.25) is 4.79 Å². The van der Waals surface area contributed by atoms with Gasteiger partial charge in [-0.1, -0.05) is 12.1 Å². The van der Waals surface area contributed by atoms with E-state index in [4.69, 9.17) is 9.47 Å². The van der Waals surface area contributed by atoms with E-state index in [2.05, 4.69) is 22.8 Å². The van der Waals surface area contributed by atoms with Crippen LogP contribution < -0.4 is 15.4 Å². The Labute approximate surface area is 144 Å². The van der Waals surface area contributed by atoms with Crippen LogP contribution in [-0.2, 0) is 14.9 Å². The van der Waals surface area contributed by atoms with Gasteiger partial charge in [0.1, 0.15) is 5.75 Å². The van der Waals surface area contributed by atoms with E-state index in [1.807, 2.05) is 12.1 Å². The summed E-state index contributed by atoms with van der Waals surface area (Å²) in [6, 6.07) is 8.25. The first-order valence-electron chi connectivity index (χ1n) is 8.94. The van der Waals surface area contributed by atoms with E-state index in [1.165, 1.54) is 5.56 Å². The SMILES string of the molecule is COc1ccc(C2(CNC(=O)C3CCNCC3)CCOCC2)cc1. The maximum atomic E-state index is 12.5. The molecule has 0 radical (unpaired) electrons. The highest BCUT2D eigenvalue weighted by atomic mass is 16.5. The number of ether oxygens (including phenoxy) is 2. The fourth-order valence-electron chi connectivity index (χ4n) is 3.76. The Morgan fingerprint density at radius 1 is 1.25 bits per heavy atom. The lowest BCUT2D eigenvalue weighted by Crippen LogP contribution is -2.47. The van der Waals surface area contributed by atoms with Crippen LogP contribution in [0.25, 0.3) is 0 Å². The Kier molecular flexibility index (Phi) is 5.74. The molecular weight excluding hydrogens is 304 g/mol. The van der Waals surface area contributed by atoms with Crippen LogP contribution >= 0.6 is 0 Å². The van der Waals surface area contributed by atoms with Crippen molar-refractivity contribution in [3.8, 4) is 5.75 Å². The minimum atomic E-state index is -0.0346. The maximum absolute atomic E-state index is 12.5. The summed E-state index contributed by atoms with van der Waals surface area (Å²) in [6.07, 6.45) is 3.74. The molecule has 3 rings (SSSR count). The van der Waals surface area contributed by atoms with E-state index in [0.29, 0.717) is 6.54 Å². The Morgan fingerprint density at radius 3 is 2.54 bits per heavy atom. The quantitative estimate of drug-likeness (QED) is 0.864. The van der Waals surface area contributed by atoms with E-state index in [1.54, 1.807) is 7.11 Å². The number of carbonyl (C=O) groups excluding carboxylic acids is 1. The van der Waals surface area contributed by atoms with Gasteiger partial charge in [0, 0.05) is 31.1 Å². The second-order valence-corrected chi connectivity index (χ2v) is 6.86. The molecular formula is C19H28N2O3. The molecule has 0 aromatic heterocycles. The van der Waals surface area contributed by atoms with Crippen LogP contribution in [0.15, 0.2) is 24.3 Å². The number of benzene rings is 1. The average Bonchev–Trinajstić information content (AvgIpc) is 2.67. The van der Waals surface area contributed by atoms with Crippen LogP contribution in [0.4, 0.5) is 0 Å². The van der Waals surface area contributed by atoms with Crippen molar-refractivity contribution < 1.29 is 14.3 Å². The molecule has 1 aromatic rings. The van der Waals surface area contributed by atoms with Crippen LogP contribution in [0.5, 0.6) is 5.75 Å². The number of methoxy groups -OCH3 is 1. The number of hydrogen-bond acceptors (Lipinski definition) is 4. The van der Waals surface area contributed by atoms with Crippen molar-refractivity contribution in [2.45, 2.75) is 31.1 Å². The molecule has 5 heteroatoms. The monoisotopic (exact) mass is 332 g/mol. The number of rotatable bonds is 5. The number of amides is 1. The van der Waals surface area contributed by atoms with E-state index in [9.17, 15) is 4.79 Å². The summed E-state index contributed by atoms with van der Waals surface area (Å²) in [5.41, 5.74) is 1.23. The van der Waals surface area contributed by atoms with E-state index < -0.39 is 0 Å². The fourth-order valence-corrected chi connectivity index (χ4v) is 3.76. The zero-order valence-corrected chi connectivity index (χ0v) is 14.5. The van der Waals surface area contributed by atoms with Gasteiger partial charge in [-0.05, 0) is 56.5 Å². The van der Waals surface area contributed by atoms with E-state index in [0.717, 1.165) is 57.7 Å². The summed E-state index contributed by atoms with van der Waals surface area (Å²) < 4.78 is 10.8. The molecule has 0 atom stereocenters. The number of carbonyl (C=O) groups is 1. The van der Waals surface area contributed by atoms with Gasteiger partial charge in [0.2, 0.25) is 5.91 Å². The normalized spacial score (nSPS) is 21.2. The van der Waals surface area contributed by atoms with Gasteiger partial charge in [0.05, 0.1) is 7.11 Å². The molecule has 2 aliphatic heterocycles. The maximum Gasteiger partial charge on any atom is 0.223 e. The minimum absolute atomic E-state index is 0.0346. The van der Waals surface area contributed by atoms with Crippen LogP contribution in [0, 0.1) is 5.92 Å². The third-order valence-corrected chi connectivity index (χ3v) is 5.46. The summed E-state index contributed by atoms with van der Waals surface area (Å²) in [5, 5.41) is 6.55. The number of piperidine rings is 1. The summed E-state index contributed by atoms with van der Waals surface area (Å²) >= 11 is 0. The Morgan fingerprint density at radius 2 is 1.92 bits per heavy atom. The first-order chi connectivity index (χ1) is 11.7. The Bertz CT molecular complexity index is 532. The van der Waals surface area contributed by atoms with Gasteiger partial charge < -0.3 is 20.1 Å². The van der Waals surface area contributed by atoms with Crippen LogP contribution in [0.2, 0.25) is 0 Å². The van der Waals surface area contributed by atoms with Gasteiger partial charge in [0.25, 0.3) is 0 Å². The molecule has 24 heavy (non-hydrogen) atoms. The predicted octanol–water partition coefficient (Wildman–Crippen LogP) is 1.86. The van der Waals surface area contributed by atoms with Gasteiger partial charge >= 0.3 is 0 Å². The molecule has 2 saturated heterocycles. The summed E-state index contributed by atoms with van der Waals surface area (Å²) in [5.74, 6) is 1.22. The zero-order valence-electron chi connectivity index (χ0n) is 14.5. The molecule has 1 aromatic carbocycles. The fraction of sp³-hybridized carbons (Fsp3) is 0.632. The lowest BCUT2D eigenvalue weighted by atomic mass is 9.74. The van der Waals surface area contributed by atoms with Crippen molar-refractivity contribution in [1.82, 2.24) is 10.6 Å². The second kappa shape index (κ2) is 7.99. The summed E-state index contributed by atoms with van der Waals surface area (Å²) in [7, 11) is 1.68. The highest BCUT2D eigenvalue weighted by Gasteiger charge is 2.35. The molecule has 0 bridgehead atoms. The molecule has 1 amide bonds. The average molecular weight is 332 g/mol. The van der Waals surface area contributed by atoms with Crippen molar-refractivity contribution in [3.63, 3.8) is 0 Å². The van der Waals surface area contributed by atoms with Gasteiger partial charge in [-0.2, -0.15) is 0 Å². The van der Waals surface area contributed by atoms with Gasteiger partial charge in [0.15, 0.2) is 0 Å². The zero-order chi connectivity index (χ0) is 16.8. The van der Waals surface area contributed by atoms with Crippen LogP contribution in [0.1, 0.15) is 31.2 Å². The lowest BCUT2D eigenvalue weighted by molar-refractivity contribution is -0.126. The molecule has 0 saturated carbocycles. The lowest BCUT2D eigenvalue weighted by Gasteiger charge is -2.38. The molecule has 132 valence electrons. The smallest absolute Gasteiger partial charge is 0.223 e. The molecule has 2 fully saturated rings. The molecule has 2 heterocycles. The van der Waals surface area contributed by atoms with Crippen LogP contribution in [0.3, 0.4) is 0 Å².